The van der Waals surface area contributed by atoms with Gasteiger partial charge in [-0.25, -0.2) is 4.79 Å². The van der Waals surface area contributed by atoms with E-state index in [0.717, 1.165) is 18.4 Å². The maximum Gasteiger partial charge on any atom is 0.318 e. The first kappa shape index (κ1) is 16.5. The van der Waals surface area contributed by atoms with Gasteiger partial charge >= 0.3 is 6.03 Å². The SMILES string of the molecule is CNC(=O)Nc1ccc(NC(=O)c2ccc(C3(C#N)CC3)cc2)cc1. The van der Waals surface area contributed by atoms with Gasteiger partial charge in [0.25, 0.3) is 5.91 Å². The van der Waals surface area contributed by atoms with Gasteiger partial charge in [-0.15, -0.1) is 0 Å². The van der Waals surface area contributed by atoms with Crippen LogP contribution in [0.4, 0.5) is 16.2 Å². The highest BCUT2D eigenvalue weighted by Crippen LogP contribution is 2.47. The molecule has 25 heavy (non-hydrogen) atoms. The third kappa shape index (κ3) is 3.61. The maximum atomic E-state index is 12.3. The van der Waals surface area contributed by atoms with Gasteiger partial charge in [-0.1, -0.05) is 12.1 Å². The number of urea groups is 1. The molecule has 0 bridgehead atoms. The van der Waals surface area contributed by atoms with Crippen LogP contribution in [0.1, 0.15) is 28.8 Å². The maximum absolute atomic E-state index is 12.3. The van der Waals surface area contributed by atoms with Crippen LogP contribution in [0.15, 0.2) is 48.5 Å². The van der Waals surface area contributed by atoms with Crippen molar-refractivity contribution in [3.05, 3.63) is 59.7 Å². The minimum Gasteiger partial charge on any atom is -0.341 e. The van der Waals surface area contributed by atoms with Gasteiger partial charge in [0, 0.05) is 24.0 Å². The van der Waals surface area contributed by atoms with E-state index in [0.29, 0.717) is 16.9 Å². The first-order valence-corrected chi connectivity index (χ1v) is 7.98. The lowest BCUT2D eigenvalue weighted by atomic mass is 9.96. The molecule has 3 N–H and O–H groups in total. The van der Waals surface area contributed by atoms with Crippen LogP contribution in [0.5, 0.6) is 0 Å². The topological polar surface area (TPSA) is 94.0 Å². The molecule has 3 amide bonds. The van der Waals surface area contributed by atoms with E-state index in [2.05, 4.69) is 22.0 Å². The predicted molar refractivity (Wildman–Crippen MR) is 95.4 cm³/mol. The Bertz CT molecular complexity index is 831. The van der Waals surface area contributed by atoms with Crippen LogP contribution >= 0.6 is 0 Å². The molecule has 0 atom stereocenters. The monoisotopic (exact) mass is 334 g/mol. The van der Waals surface area contributed by atoms with Crippen molar-refractivity contribution in [2.24, 2.45) is 0 Å². The Morgan fingerprint density at radius 1 is 0.960 bits per heavy atom. The molecular weight excluding hydrogens is 316 g/mol. The summed E-state index contributed by atoms with van der Waals surface area (Å²) in [5.74, 6) is -0.222. The van der Waals surface area contributed by atoms with Crippen molar-refractivity contribution < 1.29 is 9.59 Å². The number of nitrogens with one attached hydrogen (secondary N) is 3. The van der Waals surface area contributed by atoms with Crippen LogP contribution in [0, 0.1) is 11.3 Å². The summed E-state index contributed by atoms with van der Waals surface area (Å²) in [5, 5.41) is 17.1. The van der Waals surface area contributed by atoms with E-state index < -0.39 is 0 Å². The largest absolute Gasteiger partial charge is 0.341 e. The summed E-state index contributed by atoms with van der Waals surface area (Å²) in [6.07, 6.45) is 1.76. The number of rotatable bonds is 4. The molecule has 2 aromatic rings. The van der Waals surface area contributed by atoms with E-state index in [1.54, 1.807) is 36.4 Å². The van der Waals surface area contributed by atoms with E-state index in [1.807, 2.05) is 12.1 Å². The first-order valence-electron chi connectivity index (χ1n) is 7.98. The number of hydrogen-bond donors (Lipinski definition) is 3. The average molecular weight is 334 g/mol. The van der Waals surface area contributed by atoms with Crippen molar-refractivity contribution >= 4 is 23.3 Å². The van der Waals surface area contributed by atoms with Crippen molar-refractivity contribution in [3.8, 4) is 6.07 Å². The third-order valence-electron chi connectivity index (χ3n) is 4.29. The number of benzene rings is 2. The quantitative estimate of drug-likeness (QED) is 0.801. The molecule has 0 aliphatic heterocycles. The number of amides is 3. The van der Waals surface area contributed by atoms with Crippen LogP contribution in [-0.4, -0.2) is 19.0 Å². The fraction of sp³-hybridized carbons (Fsp3) is 0.211. The first-order chi connectivity index (χ1) is 12.1. The number of carbonyl (C=O) groups excluding carboxylic acids is 2. The van der Waals surface area contributed by atoms with Gasteiger partial charge in [-0.2, -0.15) is 5.26 Å². The Morgan fingerprint density at radius 3 is 2.00 bits per heavy atom. The summed E-state index contributed by atoms with van der Waals surface area (Å²) < 4.78 is 0. The molecular formula is C19H18N4O2. The molecule has 0 aromatic heterocycles. The number of hydrogen-bond acceptors (Lipinski definition) is 3. The molecule has 0 spiro atoms. The van der Waals surface area contributed by atoms with E-state index in [9.17, 15) is 14.9 Å². The van der Waals surface area contributed by atoms with E-state index in [1.165, 1.54) is 7.05 Å². The number of nitrogens with zero attached hydrogens (tertiary/aromatic N) is 1. The van der Waals surface area contributed by atoms with E-state index in [-0.39, 0.29) is 17.4 Å². The second-order valence-electron chi connectivity index (χ2n) is 6.01. The molecule has 0 heterocycles. The van der Waals surface area contributed by atoms with Crippen molar-refractivity contribution in [1.82, 2.24) is 5.32 Å². The molecule has 1 aliphatic carbocycles. The fourth-order valence-corrected chi connectivity index (χ4v) is 2.56. The Hall–Kier alpha value is -3.33. The van der Waals surface area contributed by atoms with Crippen molar-refractivity contribution in [2.75, 3.05) is 17.7 Å². The molecule has 0 radical (unpaired) electrons. The summed E-state index contributed by atoms with van der Waals surface area (Å²) in [4.78, 5) is 23.6. The van der Waals surface area contributed by atoms with Gasteiger partial charge < -0.3 is 16.0 Å². The Kier molecular flexibility index (Phi) is 4.40. The van der Waals surface area contributed by atoms with Gasteiger partial charge in [0.05, 0.1) is 11.5 Å². The Balaban J connectivity index is 1.64. The summed E-state index contributed by atoms with van der Waals surface area (Å²) in [6.45, 7) is 0. The van der Waals surface area contributed by atoms with Gasteiger partial charge in [0.1, 0.15) is 0 Å². The van der Waals surface area contributed by atoms with Gasteiger partial charge in [-0.05, 0) is 54.8 Å². The molecule has 6 nitrogen and oxygen atoms in total. The lowest BCUT2D eigenvalue weighted by molar-refractivity contribution is 0.102. The van der Waals surface area contributed by atoms with Crippen LogP contribution in [0.3, 0.4) is 0 Å². The third-order valence-corrected chi connectivity index (χ3v) is 4.29. The average Bonchev–Trinajstić information content (AvgIpc) is 3.44. The van der Waals surface area contributed by atoms with E-state index >= 15 is 0 Å². The Labute approximate surface area is 145 Å². The fourth-order valence-electron chi connectivity index (χ4n) is 2.56. The minimum atomic E-state index is -0.345. The normalized spacial score (nSPS) is 14.1. The highest BCUT2D eigenvalue weighted by Gasteiger charge is 2.44. The summed E-state index contributed by atoms with van der Waals surface area (Å²) in [7, 11) is 1.54. The van der Waals surface area contributed by atoms with Crippen LogP contribution in [-0.2, 0) is 5.41 Å². The van der Waals surface area contributed by atoms with Crippen LogP contribution in [0.2, 0.25) is 0 Å². The lowest BCUT2D eigenvalue weighted by Crippen LogP contribution is -2.24. The highest BCUT2D eigenvalue weighted by atomic mass is 16.2. The van der Waals surface area contributed by atoms with Gasteiger partial charge in [0.15, 0.2) is 0 Å². The molecule has 2 aromatic carbocycles. The second-order valence-corrected chi connectivity index (χ2v) is 6.01. The highest BCUT2D eigenvalue weighted by molar-refractivity contribution is 6.04. The molecule has 1 fully saturated rings. The second kappa shape index (κ2) is 6.65. The molecule has 1 aliphatic rings. The smallest absolute Gasteiger partial charge is 0.318 e. The summed E-state index contributed by atoms with van der Waals surface area (Å²) in [6, 6.07) is 16.1. The van der Waals surface area contributed by atoms with E-state index in [4.69, 9.17) is 0 Å². The molecule has 3 rings (SSSR count). The molecule has 1 saturated carbocycles. The molecule has 0 unspecified atom stereocenters. The minimum absolute atomic E-state index is 0.222. The molecule has 6 heteroatoms. The Morgan fingerprint density at radius 2 is 1.52 bits per heavy atom. The summed E-state index contributed by atoms with van der Waals surface area (Å²) in [5.41, 5.74) is 2.42. The molecule has 126 valence electrons. The number of carbonyl (C=O) groups is 2. The standard InChI is InChI=1S/C19H18N4O2/c1-21-18(25)23-16-8-6-15(7-9-16)22-17(24)13-2-4-14(5-3-13)19(12-20)10-11-19/h2-9H,10-11H2,1H3,(H,22,24)(H2,21,23,25). The lowest BCUT2D eigenvalue weighted by Gasteiger charge is -2.09. The van der Waals surface area contributed by atoms with Gasteiger partial charge in [-0.3, -0.25) is 4.79 Å². The van der Waals surface area contributed by atoms with Gasteiger partial charge in [0.2, 0.25) is 0 Å². The van der Waals surface area contributed by atoms with Crippen LogP contribution < -0.4 is 16.0 Å². The summed E-state index contributed by atoms with van der Waals surface area (Å²) >= 11 is 0. The van der Waals surface area contributed by atoms with Crippen molar-refractivity contribution in [2.45, 2.75) is 18.3 Å². The molecule has 0 saturated heterocycles. The number of anilines is 2. The zero-order valence-corrected chi connectivity index (χ0v) is 13.8. The number of nitriles is 1. The van der Waals surface area contributed by atoms with Crippen LogP contribution in [0.25, 0.3) is 0 Å². The van der Waals surface area contributed by atoms with Crippen molar-refractivity contribution in [1.29, 1.82) is 5.26 Å². The zero-order valence-electron chi connectivity index (χ0n) is 13.8. The zero-order chi connectivity index (χ0) is 17.9. The van der Waals surface area contributed by atoms with Crippen molar-refractivity contribution in [3.63, 3.8) is 0 Å². The predicted octanol–water partition coefficient (Wildman–Crippen LogP) is 3.25.